The van der Waals surface area contributed by atoms with Crippen molar-refractivity contribution in [3.05, 3.63) is 24.4 Å². The Kier molecular flexibility index (Phi) is 3.79. The summed E-state index contributed by atoms with van der Waals surface area (Å²) in [6, 6.07) is 6.21. The third-order valence-corrected chi connectivity index (χ3v) is 4.56. The Balaban J connectivity index is 1.54. The average Bonchev–Trinajstić information content (AvgIpc) is 2.49. The monoisotopic (exact) mass is 245 g/mol. The molecule has 2 fully saturated rings. The molecule has 2 saturated heterocycles. The van der Waals surface area contributed by atoms with Gasteiger partial charge in [0.15, 0.2) is 0 Å². The number of pyridine rings is 1. The van der Waals surface area contributed by atoms with E-state index in [2.05, 4.69) is 27.3 Å². The number of aromatic nitrogens is 1. The van der Waals surface area contributed by atoms with Crippen LogP contribution in [0.1, 0.15) is 25.7 Å². The van der Waals surface area contributed by atoms with Crippen LogP contribution in [-0.2, 0) is 0 Å². The molecule has 2 aliphatic heterocycles. The maximum atomic E-state index is 4.46. The Hall–Kier alpha value is -1.09. The first-order valence-corrected chi connectivity index (χ1v) is 7.30. The summed E-state index contributed by atoms with van der Waals surface area (Å²) in [7, 11) is 0. The number of anilines is 1. The third-order valence-electron chi connectivity index (χ3n) is 4.56. The number of nitrogens with one attached hydrogen (secondary N) is 1. The second kappa shape index (κ2) is 5.70. The van der Waals surface area contributed by atoms with Crippen LogP contribution in [-0.4, -0.2) is 31.2 Å². The van der Waals surface area contributed by atoms with E-state index in [-0.39, 0.29) is 0 Å². The number of piperidine rings is 2. The lowest BCUT2D eigenvalue weighted by atomic mass is 9.79. The number of nitrogens with zero attached hydrogens (tertiary/aromatic N) is 2. The zero-order chi connectivity index (χ0) is 12.2. The Morgan fingerprint density at radius 2 is 1.72 bits per heavy atom. The van der Waals surface area contributed by atoms with Gasteiger partial charge in [-0.3, -0.25) is 0 Å². The minimum atomic E-state index is 0.951. The maximum absolute atomic E-state index is 4.46. The molecule has 1 N–H and O–H groups in total. The molecule has 0 spiro atoms. The van der Waals surface area contributed by atoms with Crippen molar-refractivity contribution in [2.45, 2.75) is 25.7 Å². The predicted octanol–water partition coefficient (Wildman–Crippen LogP) is 2.30. The van der Waals surface area contributed by atoms with E-state index in [0.29, 0.717) is 0 Å². The fraction of sp³-hybridized carbons (Fsp3) is 0.667. The number of rotatable bonds is 2. The molecule has 0 aromatic carbocycles. The van der Waals surface area contributed by atoms with E-state index in [1.807, 2.05) is 12.3 Å². The van der Waals surface area contributed by atoms with Crippen LogP contribution < -0.4 is 10.2 Å². The topological polar surface area (TPSA) is 28.2 Å². The van der Waals surface area contributed by atoms with Gasteiger partial charge in [-0.25, -0.2) is 4.98 Å². The van der Waals surface area contributed by atoms with Gasteiger partial charge in [-0.05, 0) is 62.7 Å². The summed E-state index contributed by atoms with van der Waals surface area (Å²) in [5, 5.41) is 3.47. The molecule has 18 heavy (non-hydrogen) atoms. The molecular weight excluding hydrogens is 222 g/mol. The summed E-state index contributed by atoms with van der Waals surface area (Å²) in [5.41, 5.74) is 0. The summed E-state index contributed by atoms with van der Waals surface area (Å²) in [5.74, 6) is 3.07. The number of hydrogen-bond acceptors (Lipinski definition) is 3. The van der Waals surface area contributed by atoms with E-state index < -0.39 is 0 Å². The quantitative estimate of drug-likeness (QED) is 0.866. The van der Waals surface area contributed by atoms with E-state index in [4.69, 9.17) is 0 Å². The summed E-state index contributed by atoms with van der Waals surface area (Å²) in [4.78, 5) is 6.90. The zero-order valence-corrected chi connectivity index (χ0v) is 11.0. The van der Waals surface area contributed by atoms with E-state index in [0.717, 1.165) is 17.7 Å². The largest absolute Gasteiger partial charge is 0.357 e. The highest BCUT2D eigenvalue weighted by molar-refractivity contribution is 5.37. The summed E-state index contributed by atoms with van der Waals surface area (Å²) >= 11 is 0. The van der Waals surface area contributed by atoms with Crippen molar-refractivity contribution in [1.29, 1.82) is 0 Å². The summed E-state index contributed by atoms with van der Waals surface area (Å²) < 4.78 is 0. The Labute approximate surface area is 110 Å². The lowest BCUT2D eigenvalue weighted by Crippen LogP contribution is -2.39. The molecule has 3 heterocycles. The Morgan fingerprint density at radius 3 is 2.39 bits per heavy atom. The van der Waals surface area contributed by atoms with Crippen LogP contribution in [0.25, 0.3) is 0 Å². The number of hydrogen-bond donors (Lipinski definition) is 1. The minimum Gasteiger partial charge on any atom is -0.357 e. The second-order valence-electron chi connectivity index (χ2n) is 5.60. The van der Waals surface area contributed by atoms with Crippen molar-refractivity contribution < 1.29 is 0 Å². The van der Waals surface area contributed by atoms with Crippen molar-refractivity contribution in [1.82, 2.24) is 10.3 Å². The second-order valence-corrected chi connectivity index (χ2v) is 5.60. The molecule has 0 saturated carbocycles. The van der Waals surface area contributed by atoms with Gasteiger partial charge < -0.3 is 10.2 Å². The van der Waals surface area contributed by atoms with Crippen LogP contribution in [0.4, 0.5) is 5.82 Å². The van der Waals surface area contributed by atoms with E-state index >= 15 is 0 Å². The first-order valence-electron chi connectivity index (χ1n) is 7.30. The molecule has 0 bridgehead atoms. The molecule has 0 atom stereocenters. The molecule has 0 aliphatic carbocycles. The van der Waals surface area contributed by atoms with Gasteiger partial charge >= 0.3 is 0 Å². The smallest absolute Gasteiger partial charge is 0.128 e. The van der Waals surface area contributed by atoms with Gasteiger partial charge in [0.25, 0.3) is 0 Å². The molecule has 3 nitrogen and oxygen atoms in total. The standard InChI is InChI=1S/C15H23N3/c1-2-8-17-15(3-1)18-11-6-14(7-12-18)13-4-9-16-10-5-13/h1-3,8,13-14,16H,4-7,9-12H2. The highest BCUT2D eigenvalue weighted by Crippen LogP contribution is 2.31. The van der Waals surface area contributed by atoms with Gasteiger partial charge in [-0.15, -0.1) is 0 Å². The fourth-order valence-electron chi connectivity index (χ4n) is 3.46. The normalized spacial score (nSPS) is 23.2. The predicted molar refractivity (Wildman–Crippen MR) is 74.8 cm³/mol. The molecule has 0 radical (unpaired) electrons. The molecule has 0 amide bonds. The van der Waals surface area contributed by atoms with Crippen LogP contribution in [0.5, 0.6) is 0 Å². The maximum Gasteiger partial charge on any atom is 0.128 e. The van der Waals surface area contributed by atoms with Crippen molar-refractivity contribution in [2.75, 3.05) is 31.1 Å². The van der Waals surface area contributed by atoms with Crippen molar-refractivity contribution in [3.8, 4) is 0 Å². The van der Waals surface area contributed by atoms with Gasteiger partial charge in [-0.1, -0.05) is 6.07 Å². The molecule has 2 aliphatic rings. The molecule has 3 rings (SSSR count). The third kappa shape index (κ3) is 2.66. The van der Waals surface area contributed by atoms with E-state index in [1.54, 1.807) is 0 Å². The average molecular weight is 245 g/mol. The fourth-order valence-corrected chi connectivity index (χ4v) is 3.46. The van der Waals surface area contributed by atoms with Gasteiger partial charge in [0.2, 0.25) is 0 Å². The lowest BCUT2D eigenvalue weighted by molar-refractivity contribution is 0.222. The molecule has 1 aromatic heterocycles. The summed E-state index contributed by atoms with van der Waals surface area (Å²) in [6.07, 6.45) is 7.36. The SMILES string of the molecule is c1ccc(N2CCC(C3CCNCC3)CC2)nc1. The minimum absolute atomic E-state index is 0.951. The van der Waals surface area contributed by atoms with Crippen LogP contribution >= 0.6 is 0 Å². The molecule has 1 aromatic rings. The van der Waals surface area contributed by atoms with Crippen molar-refractivity contribution in [2.24, 2.45) is 11.8 Å². The Bertz CT molecular complexity index is 351. The highest BCUT2D eigenvalue weighted by atomic mass is 15.2. The molecular formula is C15H23N3. The van der Waals surface area contributed by atoms with Gasteiger partial charge in [-0.2, -0.15) is 0 Å². The van der Waals surface area contributed by atoms with Crippen molar-refractivity contribution in [3.63, 3.8) is 0 Å². The Morgan fingerprint density at radius 1 is 1.00 bits per heavy atom. The molecule has 0 unspecified atom stereocenters. The van der Waals surface area contributed by atoms with E-state index in [9.17, 15) is 0 Å². The van der Waals surface area contributed by atoms with Gasteiger partial charge in [0.1, 0.15) is 5.82 Å². The molecule has 98 valence electrons. The first kappa shape index (κ1) is 12.0. The van der Waals surface area contributed by atoms with Crippen LogP contribution in [0.3, 0.4) is 0 Å². The van der Waals surface area contributed by atoms with Crippen LogP contribution in [0.15, 0.2) is 24.4 Å². The van der Waals surface area contributed by atoms with Crippen molar-refractivity contribution >= 4 is 5.82 Å². The zero-order valence-electron chi connectivity index (χ0n) is 11.0. The summed E-state index contributed by atoms with van der Waals surface area (Å²) in [6.45, 7) is 4.83. The first-order chi connectivity index (χ1) is 8.93. The van der Waals surface area contributed by atoms with Crippen LogP contribution in [0.2, 0.25) is 0 Å². The van der Waals surface area contributed by atoms with E-state index in [1.165, 1.54) is 51.9 Å². The van der Waals surface area contributed by atoms with Gasteiger partial charge in [0.05, 0.1) is 0 Å². The van der Waals surface area contributed by atoms with Crippen LogP contribution in [0, 0.1) is 11.8 Å². The van der Waals surface area contributed by atoms with Gasteiger partial charge in [0, 0.05) is 19.3 Å². The lowest BCUT2D eigenvalue weighted by Gasteiger charge is -2.38. The molecule has 3 heteroatoms. The highest BCUT2D eigenvalue weighted by Gasteiger charge is 2.27.